The van der Waals surface area contributed by atoms with E-state index in [1.807, 2.05) is 18.3 Å². The second-order valence-corrected chi connectivity index (χ2v) is 7.24. The van der Waals surface area contributed by atoms with E-state index < -0.39 is 0 Å². The van der Waals surface area contributed by atoms with Crippen molar-refractivity contribution in [2.75, 3.05) is 30.3 Å². The molecule has 7 heteroatoms. The smallest absolute Gasteiger partial charge is 0.224 e. The molecule has 3 heterocycles. The number of hydrogen-bond donors (Lipinski definition) is 1. The molecular weight excluding hydrogens is 350 g/mol. The molecule has 0 spiro atoms. The lowest BCUT2D eigenvalue weighted by atomic mass is 10.1. The highest BCUT2D eigenvalue weighted by Crippen LogP contribution is 2.23. The molecule has 1 atom stereocenters. The second kappa shape index (κ2) is 8.39. The zero-order valence-electron chi connectivity index (χ0n) is 16.3. The summed E-state index contributed by atoms with van der Waals surface area (Å²) in [5, 5.41) is 4.26. The van der Waals surface area contributed by atoms with Gasteiger partial charge in [-0.3, -0.25) is 4.90 Å². The van der Waals surface area contributed by atoms with Crippen LogP contribution in [0.2, 0.25) is 0 Å². The fourth-order valence-corrected chi connectivity index (χ4v) is 3.86. The largest absolute Gasteiger partial charge is 0.368 e. The van der Waals surface area contributed by atoms with Crippen molar-refractivity contribution in [2.24, 2.45) is 0 Å². The molecular formula is C21H27N7. The molecule has 1 aromatic carbocycles. The maximum absolute atomic E-state index is 5.99. The molecule has 0 aliphatic carbocycles. The third-order valence-electron chi connectivity index (χ3n) is 5.23. The van der Waals surface area contributed by atoms with Gasteiger partial charge < -0.3 is 10.6 Å². The van der Waals surface area contributed by atoms with E-state index in [0.29, 0.717) is 11.9 Å². The molecule has 2 N–H and O–H groups in total. The van der Waals surface area contributed by atoms with E-state index in [9.17, 15) is 0 Å². The van der Waals surface area contributed by atoms with Crippen LogP contribution in [0.3, 0.4) is 0 Å². The Labute approximate surface area is 165 Å². The maximum atomic E-state index is 5.99. The molecule has 3 aromatic rings. The molecule has 0 radical (unpaired) electrons. The van der Waals surface area contributed by atoms with E-state index in [4.69, 9.17) is 5.73 Å². The summed E-state index contributed by atoms with van der Waals surface area (Å²) < 4.78 is 1.72. The van der Waals surface area contributed by atoms with Crippen LogP contribution in [0.1, 0.15) is 25.3 Å². The van der Waals surface area contributed by atoms with Crippen molar-refractivity contribution in [3.05, 3.63) is 60.4 Å². The minimum atomic E-state index is 0.279. The van der Waals surface area contributed by atoms with Crippen LogP contribution in [0.25, 0.3) is 5.82 Å². The molecule has 0 bridgehead atoms. The molecule has 4 rings (SSSR count). The number of aromatic nitrogens is 4. The average Bonchev–Trinajstić information content (AvgIpc) is 3.25. The molecule has 28 heavy (non-hydrogen) atoms. The topological polar surface area (TPSA) is 76.1 Å². The Kier molecular flexibility index (Phi) is 5.53. The van der Waals surface area contributed by atoms with Gasteiger partial charge >= 0.3 is 0 Å². The van der Waals surface area contributed by atoms with Gasteiger partial charge in [0, 0.05) is 50.7 Å². The highest BCUT2D eigenvalue weighted by Gasteiger charge is 2.27. The summed E-state index contributed by atoms with van der Waals surface area (Å²) in [6, 6.07) is 15.0. The fraction of sp³-hybridized carbons (Fsp3) is 0.381. The monoisotopic (exact) mass is 377 g/mol. The quantitative estimate of drug-likeness (QED) is 0.712. The SMILES string of the molecule is CCCC1CN(c2cc(-n3cccn3)nc(N)n2)CCN1Cc1ccccc1. The van der Waals surface area contributed by atoms with Crippen LogP contribution in [0.15, 0.2) is 54.9 Å². The van der Waals surface area contributed by atoms with Gasteiger partial charge in [-0.25, -0.2) is 4.68 Å². The number of benzene rings is 1. The minimum absolute atomic E-state index is 0.279. The van der Waals surface area contributed by atoms with Crippen LogP contribution in [0.5, 0.6) is 0 Å². The third kappa shape index (κ3) is 4.14. The highest BCUT2D eigenvalue weighted by atomic mass is 15.3. The number of nitrogens with zero attached hydrogens (tertiary/aromatic N) is 6. The van der Waals surface area contributed by atoms with Gasteiger partial charge in [-0.05, 0) is 18.1 Å². The van der Waals surface area contributed by atoms with Crippen LogP contribution in [0.4, 0.5) is 11.8 Å². The Bertz CT molecular complexity index is 879. The van der Waals surface area contributed by atoms with E-state index in [0.717, 1.165) is 44.8 Å². The van der Waals surface area contributed by atoms with E-state index in [1.54, 1.807) is 10.9 Å². The van der Waals surface area contributed by atoms with E-state index in [2.05, 4.69) is 62.1 Å². The van der Waals surface area contributed by atoms with Crippen LogP contribution in [-0.4, -0.2) is 50.3 Å². The minimum Gasteiger partial charge on any atom is -0.368 e. The molecule has 0 saturated carbocycles. The first-order valence-electron chi connectivity index (χ1n) is 9.90. The van der Waals surface area contributed by atoms with Crippen LogP contribution in [0, 0.1) is 0 Å². The lowest BCUT2D eigenvalue weighted by Gasteiger charge is -2.42. The lowest BCUT2D eigenvalue weighted by Crippen LogP contribution is -2.53. The molecule has 0 amide bonds. The van der Waals surface area contributed by atoms with Gasteiger partial charge in [-0.1, -0.05) is 43.7 Å². The standard InChI is InChI=1S/C21H27N7/c1-2-7-18-16-27(13-12-26(18)15-17-8-4-3-5-9-17)19-14-20(25-21(22)24-19)28-11-6-10-23-28/h3-6,8-11,14,18H,2,7,12-13,15-16H2,1H3,(H2,22,24,25). The Morgan fingerprint density at radius 2 is 1.89 bits per heavy atom. The molecule has 1 aliphatic rings. The Morgan fingerprint density at radius 1 is 1.07 bits per heavy atom. The Morgan fingerprint density at radius 3 is 2.64 bits per heavy atom. The Balaban J connectivity index is 1.52. The normalized spacial score (nSPS) is 17.8. The van der Waals surface area contributed by atoms with Crippen molar-refractivity contribution in [3.8, 4) is 5.82 Å². The first kappa shape index (κ1) is 18.4. The number of hydrogen-bond acceptors (Lipinski definition) is 6. The summed E-state index contributed by atoms with van der Waals surface area (Å²) in [6.45, 7) is 6.10. The van der Waals surface area contributed by atoms with Crippen molar-refractivity contribution < 1.29 is 0 Å². The number of anilines is 2. The Hall–Kier alpha value is -2.93. The molecule has 2 aromatic heterocycles. The van der Waals surface area contributed by atoms with Gasteiger partial charge in [0.1, 0.15) is 5.82 Å². The van der Waals surface area contributed by atoms with Crippen molar-refractivity contribution in [1.29, 1.82) is 0 Å². The molecule has 1 saturated heterocycles. The molecule has 1 fully saturated rings. The molecule has 7 nitrogen and oxygen atoms in total. The zero-order valence-corrected chi connectivity index (χ0v) is 16.3. The summed E-state index contributed by atoms with van der Waals surface area (Å²) >= 11 is 0. The third-order valence-corrected chi connectivity index (χ3v) is 5.23. The maximum Gasteiger partial charge on any atom is 0.224 e. The van der Waals surface area contributed by atoms with Crippen LogP contribution in [-0.2, 0) is 6.54 Å². The van der Waals surface area contributed by atoms with Crippen molar-refractivity contribution in [1.82, 2.24) is 24.6 Å². The van der Waals surface area contributed by atoms with Gasteiger partial charge in [0.2, 0.25) is 5.95 Å². The number of nitrogen functional groups attached to an aromatic ring is 1. The first-order valence-corrected chi connectivity index (χ1v) is 9.90. The highest BCUT2D eigenvalue weighted by molar-refractivity contribution is 5.48. The molecule has 1 aliphatic heterocycles. The summed E-state index contributed by atoms with van der Waals surface area (Å²) in [5.41, 5.74) is 7.36. The number of rotatable bonds is 6. The van der Waals surface area contributed by atoms with Gasteiger partial charge in [0.25, 0.3) is 0 Å². The fourth-order valence-electron chi connectivity index (χ4n) is 3.86. The first-order chi connectivity index (χ1) is 13.7. The average molecular weight is 377 g/mol. The van der Waals surface area contributed by atoms with Crippen LogP contribution >= 0.6 is 0 Å². The summed E-state index contributed by atoms with van der Waals surface area (Å²) in [6.07, 6.45) is 5.92. The zero-order chi connectivity index (χ0) is 19.3. The predicted molar refractivity (Wildman–Crippen MR) is 111 cm³/mol. The van der Waals surface area contributed by atoms with Crippen molar-refractivity contribution in [2.45, 2.75) is 32.4 Å². The van der Waals surface area contributed by atoms with Crippen molar-refractivity contribution in [3.63, 3.8) is 0 Å². The van der Waals surface area contributed by atoms with Crippen LogP contribution < -0.4 is 10.6 Å². The lowest BCUT2D eigenvalue weighted by molar-refractivity contribution is 0.158. The van der Waals surface area contributed by atoms with Gasteiger partial charge in [0.05, 0.1) is 0 Å². The van der Waals surface area contributed by atoms with E-state index >= 15 is 0 Å². The van der Waals surface area contributed by atoms with E-state index in [1.165, 1.54) is 5.56 Å². The second-order valence-electron chi connectivity index (χ2n) is 7.24. The summed E-state index contributed by atoms with van der Waals surface area (Å²) in [4.78, 5) is 13.7. The summed E-state index contributed by atoms with van der Waals surface area (Å²) in [5.74, 6) is 1.85. The predicted octanol–water partition coefficient (Wildman–Crippen LogP) is 2.74. The van der Waals surface area contributed by atoms with Gasteiger partial charge in [-0.15, -0.1) is 0 Å². The summed E-state index contributed by atoms with van der Waals surface area (Å²) in [7, 11) is 0. The van der Waals surface area contributed by atoms with Gasteiger partial charge in [-0.2, -0.15) is 15.1 Å². The molecule has 146 valence electrons. The van der Waals surface area contributed by atoms with Gasteiger partial charge in [0.15, 0.2) is 5.82 Å². The van der Waals surface area contributed by atoms with E-state index in [-0.39, 0.29) is 5.95 Å². The molecule has 1 unspecified atom stereocenters. The number of piperazine rings is 1. The number of nitrogens with two attached hydrogens (primary N) is 1. The van der Waals surface area contributed by atoms with Crippen molar-refractivity contribution >= 4 is 11.8 Å².